The van der Waals surface area contributed by atoms with Crippen molar-refractivity contribution in [2.75, 3.05) is 19.4 Å². The summed E-state index contributed by atoms with van der Waals surface area (Å²) in [6.45, 7) is 6.65. The zero-order valence-corrected chi connectivity index (χ0v) is 9.37. The molecule has 0 heterocycles. The molecule has 0 aromatic rings. The number of rotatable bonds is 6. The number of hydrogen-bond donors (Lipinski definition) is 2. The number of likely N-dealkylation sites (N-methyl/N-ethyl adjacent to an activating group) is 1. The molecule has 0 fully saturated rings. The highest BCUT2D eigenvalue weighted by Gasteiger charge is 2.21. The summed E-state index contributed by atoms with van der Waals surface area (Å²) in [7, 11) is 1.90. The molecule has 0 aliphatic carbocycles. The Balaban J connectivity index is 3.72. The Morgan fingerprint density at radius 2 is 2.17 bits per heavy atom. The molecule has 2 N–H and O–H groups in total. The summed E-state index contributed by atoms with van der Waals surface area (Å²) in [5.74, 6) is 0.967. The molecule has 0 rings (SSSR count). The first-order valence-corrected chi connectivity index (χ1v) is 5.54. The van der Waals surface area contributed by atoms with Crippen LogP contribution in [-0.2, 0) is 0 Å². The van der Waals surface area contributed by atoms with Crippen LogP contribution in [0, 0.1) is 0 Å². The summed E-state index contributed by atoms with van der Waals surface area (Å²) in [5.41, 5.74) is -0.117. The van der Waals surface area contributed by atoms with Crippen LogP contribution in [0.2, 0.25) is 0 Å². The van der Waals surface area contributed by atoms with E-state index in [2.05, 4.69) is 19.2 Å². The highest BCUT2D eigenvalue weighted by molar-refractivity contribution is 7.99. The van der Waals surface area contributed by atoms with E-state index in [9.17, 15) is 0 Å². The number of hydrogen-bond acceptors (Lipinski definition) is 3. The van der Waals surface area contributed by atoms with Crippen molar-refractivity contribution < 1.29 is 5.11 Å². The SMILES string of the molecule is CCC(C)SCC(C)(CO)NC. The molecule has 0 aliphatic rings. The van der Waals surface area contributed by atoms with Crippen LogP contribution in [0.25, 0.3) is 0 Å². The topological polar surface area (TPSA) is 32.3 Å². The molecule has 2 atom stereocenters. The lowest BCUT2D eigenvalue weighted by Gasteiger charge is -2.27. The molecule has 2 unspecified atom stereocenters. The fraction of sp³-hybridized carbons (Fsp3) is 1.00. The van der Waals surface area contributed by atoms with Gasteiger partial charge in [0.05, 0.1) is 6.61 Å². The average Bonchev–Trinajstić information content (AvgIpc) is 2.13. The Morgan fingerprint density at radius 1 is 1.58 bits per heavy atom. The van der Waals surface area contributed by atoms with Crippen LogP contribution in [0.3, 0.4) is 0 Å². The first-order chi connectivity index (χ1) is 5.58. The van der Waals surface area contributed by atoms with Crippen molar-refractivity contribution in [3.05, 3.63) is 0 Å². The first-order valence-electron chi connectivity index (χ1n) is 4.49. The maximum absolute atomic E-state index is 9.10. The van der Waals surface area contributed by atoms with Gasteiger partial charge in [-0.3, -0.25) is 0 Å². The largest absolute Gasteiger partial charge is 0.394 e. The van der Waals surface area contributed by atoms with Gasteiger partial charge in [-0.15, -0.1) is 0 Å². The Bertz CT molecular complexity index is 115. The Morgan fingerprint density at radius 3 is 2.50 bits per heavy atom. The molecule has 0 saturated heterocycles. The number of thioether (sulfide) groups is 1. The maximum atomic E-state index is 9.10. The van der Waals surface area contributed by atoms with Crippen LogP contribution in [0.1, 0.15) is 27.2 Å². The molecule has 0 radical (unpaired) electrons. The third kappa shape index (κ3) is 4.33. The van der Waals surface area contributed by atoms with E-state index in [1.165, 1.54) is 6.42 Å². The summed E-state index contributed by atoms with van der Waals surface area (Å²) in [4.78, 5) is 0. The summed E-state index contributed by atoms with van der Waals surface area (Å²) in [6.07, 6.45) is 1.19. The van der Waals surface area contributed by atoms with Crippen molar-refractivity contribution >= 4 is 11.8 Å². The lowest BCUT2D eigenvalue weighted by Crippen LogP contribution is -2.46. The van der Waals surface area contributed by atoms with Gasteiger partial charge in [-0.25, -0.2) is 0 Å². The van der Waals surface area contributed by atoms with Crippen LogP contribution < -0.4 is 5.32 Å². The minimum absolute atomic E-state index is 0.117. The van der Waals surface area contributed by atoms with Gasteiger partial charge in [0.25, 0.3) is 0 Å². The van der Waals surface area contributed by atoms with E-state index < -0.39 is 0 Å². The lowest BCUT2D eigenvalue weighted by molar-refractivity contribution is 0.200. The van der Waals surface area contributed by atoms with Gasteiger partial charge < -0.3 is 10.4 Å². The van der Waals surface area contributed by atoms with Crippen molar-refractivity contribution in [1.29, 1.82) is 0 Å². The number of aliphatic hydroxyl groups excluding tert-OH is 1. The van der Waals surface area contributed by atoms with Crippen LogP contribution in [0.5, 0.6) is 0 Å². The monoisotopic (exact) mass is 191 g/mol. The van der Waals surface area contributed by atoms with E-state index in [0.29, 0.717) is 5.25 Å². The molecule has 0 aliphatic heterocycles. The minimum Gasteiger partial charge on any atom is -0.394 e. The standard InChI is InChI=1S/C9H21NOS/c1-5-8(2)12-7-9(3,6-11)10-4/h8,10-11H,5-7H2,1-4H3. The second-order valence-electron chi connectivity index (χ2n) is 3.50. The normalized spacial score (nSPS) is 18.8. The third-order valence-corrected chi connectivity index (χ3v) is 3.92. The molecule has 3 heteroatoms. The van der Waals surface area contributed by atoms with Crippen LogP contribution in [-0.4, -0.2) is 35.3 Å². The number of aliphatic hydroxyl groups is 1. The summed E-state index contributed by atoms with van der Waals surface area (Å²) in [6, 6.07) is 0. The molecule has 74 valence electrons. The van der Waals surface area contributed by atoms with E-state index >= 15 is 0 Å². The Labute approximate surface area is 80.1 Å². The molecular formula is C9H21NOS. The fourth-order valence-electron chi connectivity index (χ4n) is 0.641. The molecule has 0 aromatic heterocycles. The van der Waals surface area contributed by atoms with Gasteiger partial charge in [0, 0.05) is 16.5 Å². The number of nitrogens with one attached hydrogen (secondary N) is 1. The lowest BCUT2D eigenvalue weighted by atomic mass is 10.1. The van der Waals surface area contributed by atoms with Crippen LogP contribution in [0.4, 0.5) is 0 Å². The van der Waals surface area contributed by atoms with E-state index in [1.54, 1.807) is 0 Å². The summed E-state index contributed by atoms with van der Waals surface area (Å²) >= 11 is 1.91. The molecular weight excluding hydrogens is 170 g/mol. The van der Waals surface area contributed by atoms with E-state index in [0.717, 1.165) is 5.75 Å². The Hall–Kier alpha value is 0.270. The molecule has 2 nitrogen and oxygen atoms in total. The first kappa shape index (κ1) is 12.3. The van der Waals surface area contributed by atoms with Gasteiger partial charge in [0.15, 0.2) is 0 Å². The fourth-order valence-corrected chi connectivity index (χ4v) is 1.76. The molecule has 0 spiro atoms. The second kappa shape index (κ2) is 5.84. The highest BCUT2D eigenvalue weighted by Crippen LogP contribution is 2.19. The maximum Gasteiger partial charge on any atom is 0.0618 e. The van der Waals surface area contributed by atoms with Crippen LogP contribution in [0.15, 0.2) is 0 Å². The van der Waals surface area contributed by atoms with Gasteiger partial charge in [0.2, 0.25) is 0 Å². The molecule has 0 amide bonds. The minimum atomic E-state index is -0.117. The van der Waals surface area contributed by atoms with Gasteiger partial charge in [-0.1, -0.05) is 13.8 Å². The van der Waals surface area contributed by atoms with E-state index in [4.69, 9.17) is 5.11 Å². The van der Waals surface area contributed by atoms with Crippen molar-refractivity contribution in [2.24, 2.45) is 0 Å². The average molecular weight is 191 g/mol. The van der Waals surface area contributed by atoms with Gasteiger partial charge in [-0.2, -0.15) is 11.8 Å². The van der Waals surface area contributed by atoms with Gasteiger partial charge in [-0.05, 0) is 20.4 Å². The third-order valence-electron chi connectivity index (χ3n) is 2.21. The quantitative estimate of drug-likeness (QED) is 0.667. The van der Waals surface area contributed by atoms with Crippen molar-refractivity contribution in [1.82, 2.24) is 5.32 Å². The molecule has 0 bridgehead atoms. The van der Waals surface area contributed by atoms with Gasteiger partial charge >= 0.3 is 0 Å². The second-order valence-corrected chi connectivity index (χ2v) is 4.93. The zero-order chi connectivity index (χ0) is 9.61. The smallest absolute Gasteiger partial charge is 0.0618 e. The zero-order valence-electron chi connectivity index (χ0n) is 8.55. The molecule has 0 aromatic carbocycles. The van der Waals surface area contributed by atoms with E-state index in [1.807, 2.05) is 25.7 Å². The van der Waals surface area contributed by atoms with Crippen molar-refractivity contribution in [3.8, 4) is 0 Å². The predicted molar refractivity (Wildman–Crippen MR) is 56.8 cm³/mol. The summed E-state index contributed by atoms with van der Waals surface area (Å²) in [5, 5.41) is 12.9. The van der Waals surface area contributed by atoms with Gasteiger partial charge in [0.1, 0.15) is 0 Å². The van der Waals surface area contributed by atoms with E-state index in [-0.39, 0.29) is 12.1 Å². The summed E-state index contributed by atoms with van der Waals surface area (Å²) < 4.78 is 0. The van der Waals surface area contributed by atoms with Crippen molar-refractivity contribution in [3.63, 3.8) is 0 Å². The van der Waals surface area contributed by atoms with Crippen molar-refractivity contribution in [2.45, 2.75) is 38.0 Å². The molecule has 12 heavy (non-hydrogen) atoms. The van der Waals surface area contributed by atoms with Crippen LogP contribution >= 0.6 is 11.8 Å². The predicted octanol–water partition coefficient (Wildman–Crippen LogP) is 1.49. The highest BCUT2D eigenvalue weighted by atomic mass is 32.2. The molecule has 0 saturated carbocycles. The Kier molecular flexibility index (Phi) is 5.97.